The number of ether oxygens (including phenoxy) is 2. The summed E-state index contributed by atoms with van der Waals surface area (Å²) in [5, 5.41) is 41.3. The van der Waals surface area contributed by atoms with Crippen LogP contribution < -0.4 is 5.73 Å². The summed E-state index contributed by atoms with van der Waals surface area (Å²) in [4.78, 5) is 16.7. The average Bonchev–Trinajstić information content (AvgIpc) is 3.61. The Kier molecular flexibility index (Phi) is 6.74. The number of rotatable bonds is 5. The van der Waals surface area contributed by atoms with E-state index in [1.54, 1.807) is 30.3 Å². The molecule has 0 saturated carbocycles. The van der Waals surface area contributed by atoms with Gasteiger partial charge in [0.15, 0.2) is 17.5 Å². The van der Waals surface area contributed by atoms with Gasteiger partial charge in [-0.25, -0.2) is 17.9 Å². The Labute approximate surface area is 229 Å². The van der Waals surface area contributed by atoms with Gasteiger partial charge in [0.1, 0.15) is 30.0 Å². The Bertz CT molecular complexity index is 1630. The third-order valence-corrected chi connectivity index (χ3v) is 7.66. The molecule has 214 valence electrons. The molecule has 6 atom stereocenters. The molecule has 2 aromatic carbocycles. The number of aromatic nitrogens is 4. The summed E-state index contributed by atoms with van der Waals surface area (Å²) in [6.07, 6.45) is -2.85. The fourth-order valence-electron chi connectivity index (χ4n) is 5.68. The van der Waals surface area contributed by atoms with E-state index in [4.69, 9.17) is 15.2 Å². The summed E-state index contributed by atoms with van der Waals surface area (Å²) in [7, 11) is 0. The van der Waals surface area contributed by atoms with E-state index in [0.717, 1.165) is 16.8 Å². The Morgan fingerprint density at radius 3 is 2.61 bits per heavy atom. The third kappa shape index (κ3) is 4.35. The van der Waals surface area contributed by atoms with Crippen molar-refractivity contribution in [2.75, 3.05) is 13.2 Å². The van der Waals surface area contributed by atoms with Crippen LogP contribution in [0.4, 0.5) is 13.2 Å². The number of pyridine rings is 1. The standard InChI is InChI=1S/C27H24F3N5O6/c28-16-8-13(9-17(29)21(16)30)19-10-35(34-33-19)23-24(37)20(11-36)41-27(25(23)38)15(6-7-40-27)18-5-4-12-2-1-3-14(26(31)39)22(12)32-18/h1-5,8-10,15,20,23-25,36-38H,6-7,11H2,(H2,31,39)/t15-,20-,23+,24+,25-,27+/m1/s1. The van der Waals surface area contributed by atoms with Crippen LogP contribution in [0.25, 0.3) is 22.2 Å². The molecule has 4 aromatic rings. The van der Waals surface area contributed by atoms with Gasteiger partial charge in [-0.1, -0.05) is 23.4 Å². The van der Waals surface area contributed by atoms with E-state index < -0.39 is 66.0 Å². The highest BCUT2D eigenvalue weighted by atomic mass is 19.2. The zero-order valence-electron chi connectivity index (χ0n) is 21.2. The second kappa shape index (κ2) is 10.2. The molecule has 1 amide bonds. The predicted octanol–water partition coefficient (Wildman–Crippen LogP) is 1.56. The van der Waals surface area contributed by atoms with Crippen molar-refractivity contribution in [3.8, 4) is 11.3 Å². The SMILES string of the molecule is NC(=O)c1cccc2ccc([C@H]3CCO[C@]34O[C@H](CO)[C@H](O)[C@H](n3cc(-c5cc(F)c(F)c(F)c5)nn3)[C@H]4O)nc12. The topological polar surface area (TPSA) is 166 Å². The summed E-state index contributed by atoms with van der Waals surface area (Å²) < 4.78 is 54.3. The normalized spacial score (nSPS) is 28.0. The van der Waals surface area contributed by atoms with Gasteiger partial charge in [-0.2, -0.15) is 0 Å². The average molecular weight is 572 g/mol. The molecule has 1 spiro atoms. The van der Waals surface area contributed by atoms with E-state index in [-0.39, 0.29) is 23.4 Å². The number of nitrogens with two attached hydrogens (primary N) is 1. The maximum absolute atomic E-state index is 13.8. The van der Waals surface area contributed by atoms with Gasteiger partial charge < -0.3 is 30.5 Å². The molecular formula is C27H24F3N5O6. The maximum atomic E-state index is 13.8. The molecule has 0 aliphatic carbocycles. The van der Waals surface area contributed by atoms with Gasteiger partial charge in [0.2, 0.25) is 5.79 Å². The summed E-state index contributed by atoms with van der Waals surface area (Å²) in [6.45, 7) is -0.536. The van der Waals surface area contributed by atoms with Crippen LogP contribution in [0.2, 0.25) is 0 Å². The van der Waals surface area contributed by atoms with Gasteiger partial charge in [-0.05, 0) is 30.7 Å². The zero-order chi connectivity index (χ0) is 29.1. The Morgan fingerprint density at radius 1 is 1.15 bits per heavy atom. The first-order valence-corrected chi connectivity index (χ1v) is 12.7. The fraction of sp³-hybridized carbons (Fsp3) is 0.333. The molecule has 2 saturated heterocycles. The lowest BCUT2D eigenvalue weighted by Crippen LogP contribution is -2.64. The summed E-state index contributed by atoms with van der Waals surface area (Å²) in [5.74, 6) is -7.71. The second-order valence-electron chi connectivity index (χ2n) is 9.99. The van der Waals surface area contributed by atoms with E-state index in [2.05, 4.69) is 15.3 Å². The fourth-order valence-corrected chi connectivity index (χ4v) is 5.68. The predicted molar refractivity (Wildman–Crippen MR) is 135 cm³/mol. The third-order valence-electron chi connectivity index (χ3n) is 7.66. The molecule has 2 aromatic heterocycles. The minimum atomic E-state index is -1.82. The van der Waals surface area contributed by atoms with Gasteiger partial charge in [0.25, 0.3) is 5.91 Å². The van der Waals surface area contributed by atoms with Crippen LogP contribution in [0.1, 0.15) is 34.4 Å². The molecule has 5 N–H and O–H groups in total. The molecule has 2 aliphatic heterocycles. The molecule has 41 heavy (non-hydrogen) atoms. The van der Waals surface area contributed by atoms with Crippen LogP contribution in [0.5, 0.6) is 0 Å². The quantitative estimate of drug-likeness (QED) is 0.260. The van der Waals surface area contributed by atoms with Gasteiger partial charge in [-0.3, -0.25) is 9.78 Å². The lowest BCUT2D eigenvalue weighted by atomic mass is 9.81. The highest BCUT2D eigenvalue weighted by Crippen LogP contribution is 2.50. The van der Waals surface area contributed by atoms with Gasteiger partial charge >= 0.3 is 0 Å². The highest BCUT2D eigenvalue weighted by Gasteiger charge is 2.62. The van der Waals surface area contributed by atoms with Gasteiger partial charge in [0, 0.05) is 16.6 Å². The van der Waals surface area contributed by atoms with Crippen LogP contribution in [-0.2, 0) is 9.47 Å². The van der Waals surface area contributed by atoms with Crippen LogP contribution in [0, 0.1) is 17.5 Å². The number of fused-ring (bicyclic) bond motifs is 1. The van der Waals surface area contributed by atoms with Gasteiger partial charge in [0.05, 0.1) is 36.4 Å². The number of hydrogen-bond donors (Lipinski definition) is 4. The maximum Gasteiger partial charge on any atom is 0.250 e. The van der Waals surface area contributed by atoms with Crippen molar-refractivity contribution >= 4 is 16.8 Å². The number of benzene rings is 2. The van der Waals surface area contributed by atoms with Crippen molar-refractivity contribution < 1.29 is 42.8 Å². The van der Waals surface area contributed by atoms with Crippen molar-refractivity contribution in [2.45, 2.75) is 42.5 Å². The summed E-state index contributed by atoms with van der Waals surface area (Å²) in [6, 6.07) is 8.60. The first-order valence-electron chi connectivity index (χ1n) is 12.7. The van der Waals surface area contributed by atoms with Gasteiger partial charge in [-0.15, -0.1) is 5.10 Å². The van der Waals surface area contributed by atoms with Crippen molar-refractivity contribution in [3.63, 3.8) is 0 Å². The molecular weight excluding hydrogens is 547 g/mol. The number of para-hydroxylation sites is 1. The number of carbonyl (C=O) groups is 1. The largest absolute Gasteiger partial charge is 0.394 e. The first-order chi connectivity index (χ1) is 19.6. The minimum absolute atomic E-state index is 0.0673. The van der Waals surface area contributed by atoms with E-state index in [9.17, 15) is 33.3 Å². The van der Waals surface area contributed by atoms with E-state index in [0.29, 0.717) is 23.0 Å². The Hall–Kier alpha value is -3.95. The van der Waals surface area contributed by atoms with Crippen LogP contribution in [0.3, 0.4) is 0 Å². The number of hydrogen-bond acceptors (Lipinski definition) is 9. The Balaban J connectivity index is 1.41. The molecule has 2 fully saturated rings. The number of halogens is 3. The van der Waals surface area contributed by atoms with Crippen LogP contribution in [0.15, 0.2) is 48.7 Å². The van der Waals surface area contributed by atoms with Crippen molar-refractivity contribution in [2.24, 2.45) is 5.73 Å². The van der Waals surface area contributed by atoms with Crippen LogP contribution >= 0.6 is 0 Å². The molecule has 2 aliphatic rings. The molecule has 11 nitrogen and oxygen atoms in total. The first kappa shape index (κ1) is 27.2. The lowest BCUT2D eigenvalue weighted by molar-refractivity contribution is -0.344. The van der Waals surface area contributed by atoms with Crippen molar-refractivity contribution in [1.82, 2.24) is 20.0 Å². The van der Waals surface area contributed by atoms with Crippen molar-refractivity contribution in [3.05, 3.63) is 77.4 Å². The van der Waals surface area contributed by atoms with Crippen LogP contribution in [-0.4, -0.2) is 78.5 Å². The highest BCUT2D eigenvalue weighted by molar-refractivity contribution is 6.04. The van der Waals surface area contributed by atoms with E-state index >= 15 is 0 Å². The number of primary amides is 1. The number of amides is 1. The zero-order valence-corrected chi connectivity index (χ0v) is 21.2. The lowest BCUT2D eigenvalue weighted by Gasteiger charge is -2.49. The number of aliphatic hydroxyl groups is 3. The molecule has 0 radical (unpaired) electrons. The van der Waals surface area contributed by atoms with E-state index in [1.807, 2.05) is 0 Å². The molecule has 0 bridgehead atoms. The second-order valence-corrected chi connectivity index (χ2v) is 9.99. The molecule has 14 heteroatoms. The molecule has 4 heterocycles. The summed E-state index contributed by atoms with van der Waals surface area (Å²) in [5.41, 5.74) is 6.31. The van der Waals surface area contributed by atoms with Crippen molar-refractivity contribution in [1.29, 1.82) is 0 Å². The summed E-state index contributed by atoms with van der Waals surface area (Å²) >= 11 is 0. The Morgan fingerprint density at radius 2 is 1.90 bits per heavy atom. The monoisotopic (exact) mass is 571 g/mol. The number of carbonyl (C=O) groups excluding carboxylic acids is 1. The smallest absolute Gasteiger partial charge is 0.250 e. The number of nitrogens with zero attached hydrogens (tertiary/aromatic N) is 4. The molecule has 6 rings (SSSR count). The van der Waals surface area contributed by atoms with E-state index in [1.165, 1.54) is 6.20 Å². The minimum Gasteiger partial charge on any atom is -0.394 e. The number of aliphatic hydroxyl groups excluding tert-OH is 3. The molecule has 0 unspecified atom stereocenters.